The fourth-order valence-corrected chi connectivity index (χ4v) is 2.95. The van der Waals surface area contributed by atoms with Crippen molar-refractivity contribution in [1.29, 1.82) is 5.26 Å². The number of rotatable bonds is 1. The number of benzene rings is 1. The molecule has 1 aliphatic rings. The van der Waals surface area contributed by atoms with Crippen molar-refractivity contribution in [1.82, 2.24) is 4.98 Å². The maximum atomic E-state index is 11.8. The van der Waals surface area contributed by atoms with Gasteiger partial charge >= 0.3 is 0 Å². The highest BCUT2D eigenvalue weighted by Crippen LogP contribution is 2.32. The van der Waals surface area contributed by atoms with Crippen LogP contribution in [0.3, 0.4) is 0 Å². The molecular weight excluding hydrogens is 268 g/mol. The van der Waals surface area contributed by atoms with Crippen LogP contribution < -0.4 is 0 Å². The minimum Gasteiger partial charge on any atom is -0.349 e. The third kappa shape index (κ3) is 2.06. The maximum Gasteiger partial charge on any atom is 0.137 e. The number of Topliss-reactive ketones (excluding diaryl/α,β-unsaturated/α-hetero) is 1. The van der Waals surface area contributed by atoms with Gasteiger partial charge in [0.15, 0.2) is 0 Å². The predicted molar refractivity (Wildman–Crippen MR) is 78.8 cm³/mol. The van der Waals surface area contributed by atoms with E-state index in [0.29, 0.717) is 29.5 Å². The van der Waals surface area contributed by atoms with E-state index in [1.807, 2.05) is 30.3 Å². The molecule has 0 unspecified atom stereocenters. The van der Waals surface area contributed by atoms with Gasteiger partial charge in [0.2, 0.25) is 0 Å². The van der Waals surface area contributed by atoms with Crippen LogP contribution in [0.1, 0.15) is 23.2 Å². The van der Waals surface area contributed by atoms with Crippen LogP contribution in [-0.2, 0) is 17.6 Å². The number of H-pyrrole nitrogens is 1. The molecule has 2 aromatic rings. The Kier molecular flexibility index (Phi) is 3.21. The molecule has 4 heteroatoms. The standard InChI is InChI=1S/C16H12N2OS/c17-9-13-15(10-4-2-1-3-5-10)12-8-11(19)6-7-14(12)18-16(13)20/h1-5H,6-8H2,(H,18,20). The molecule has 1 heterocycles. The summed E-state index contributed by atoms with van der Waals surface area (Å²) in [6.45, 7) is 0. The number of aromatic nitrogens is 1. The number of nitriles is 1. The van der Waals surface area contributed by atoms with Gasteiger partial charge in [-0.2, -0.15) is 5.26 Å². The Bertz CT molecular complexity index is 785. The van der Waals surface area contributed by atoms with E-state index < -0.39 is 0 Å². The number of carbonyl (C=O) groups excluding carboxylic acids is 1. The third-order valence-corrected chi connectivity index (χ3v) is 3.92. The number of hydrogen-bond donors (Lipinski definition) is 1. The number of nitrogens with zero attached hydrogens (tertiary/aromatic N) is 1. The van der Waals surface area contributed by atoms with Gasteiger partial charge in [-0.25, -0.2) is 0 Å². The largest absolute Gasteiger partial charge is 0.349 e. The Hall–Kier alpha value is -2.25. The smallest absolute Gasteiger partial charge is 0.137 e. The zero-order valence-electron chi connectivity index (χ0n) is 10.8. The Balaban J connectivity index is 2.36. The van der Waals surface area contributed by atoms with E-state index in [-0.39, 0.29) is 5.78 Å². The highest BCUT2D eigenvalue weighted by Gasteiger charge is 2.23. The highest BCUT2D eigenvalue weighted by molar-refractivity contribution is 7.71. The molecular formula is C16H12N2OS. The van der Waals surface area contributed by atoms with Crippen LogP contribution in [0.25, 0.3) is 11.1 Å². The summed E-state index contributed by atoms with van der Waals surface area (Å²) in [7, 11) is 0. The van der Waals surface area contributed by atoms with Crippen molar-refractivity contribution < 1.29 is 4.79 Å². The quantitative estimate of drug-likeness (QED) is 0.815. The number of aromatic amines is 1. The highest BCUT2D eigenvalue weighted by atomic mass is 32.1. The lowest BCUT2D eigenvalue weighted by molar-refractivity contribution is -0.118. The Labute approximate surface area is 121 Å². The van der Waals surface area contributed by atoms with Crippen LogP contribution in [0.2, 0.25) is 0 Å². The van der Waals surface area contributed by atoms with Crippen molar-refractivity contribution in [3.8, 4) is 17.2 Å². The Morgan fingerprint density at radius 2 is 1.95 bits per heavy atom. The van der Waals surface area contributed by atoms with Crippen LogP contribution in [0.15, 0.2) is 30.3 Å². The lowest BCUT2D eigenvalue weighted by Crippen LogP contribution is -2.17. The number of ketones is 1. The van der Waals surface area contributed by atoms with E-state index in [0.717, 1.165) is 22.4 Å². The molecule has 0 saturated carbocycles. The lowest BCUT2D eigenvalue weighted by atomic mass is 9.86. The Morgan fingerprint density at radius 1 is 1.20 bits per heavy atom. The van der Waals surface area contributed by atoms with Crippen molar-refractivity contribution in [3.63, 3.8) is 0 Å². The second kappa shape index (κ2) is 5.03. The molecule has 0 spiro atoms. The molecule has 0 fully saturated rings. The molecule has 3 rings (SSSR count). The second-order valence-electron chi connectivity index (χ2n) is 4.85. The summed E-state index contributed by atoms with van der Waals surface area (Å²) in [4.78, 5) is 14.9. The summed E-state index contributed by atoms with van der Waals surface area (Å²) in [5.41, 5.74) is 4.14. The zero-order chi connectivity index (χ0) is 14.1. The molecule has 20 heavy (non-hydrogen) atoms. The van der Waals surface area contributed by atoms with E-state index in [1.165, 1.54) is 0 Å². The minimum absolute atomic E-state index is 0.212. The van der Waals surface area contributed by atoms with Gasteiger partial charge in [0.25, 0.3) is 0 Å². The topological polar surface area (TPSA) is 56.6 Å². The van der Waals surface area contributed by atoms with Gasteiger partial charge in [-0.15, -0.1) is 0 Å². The van der Waals surface area contributed by atoms with E-state index in [4.69, 9.17) is 12.2 Å². The summed E-state index contributed by atoms with van der Waals surface area (Å²) in [5, 5.41) is 9.41. The second-order valence-corrected chi connectivity index (χ2v) is 5.26. The molecule has 0 amide bonds. The first-order valence-corrected chi connectivity index (χ1v) is 6.87. The van der Waals surface area contributed by atoms with Crippen molar-refractivity contribution >= 4 is 18.0 Å². The van der Waals surface area contributed by atoms with Gasteiger partial charge < -0.3 is 4.98 Å². The average molecular weight is 280 g/mol. The van der Waals surface area contributed by atoms with Gasteiger partial charge in [0.1, 0.15) is 16.5 Å². The molecule has 0 bridgehead atoms. The van der Waals surface area contributed by atoms with Crippen LogP contribution in [-0.4, -0.2) is 10.8 Å². The van der Waals surface area contributed by atoms with E-state index >= 15 is 0 Å². The average Bonchev–Trinajstić information content (AvgIpc) is 2.47. The number of carbonyl (C=O) groups is 1. The number of aryl methyl sites for hydroxylation is 1. The van der Waals surface area contributed by atoms with Gasteiger partial charge in [0.05, 0.1) is 5.56 Å². The summed E-state index contributed by atoms with van der Waals surface area (Å²) in [6.07, 6.45) is 1.59. The van der Waals surface area contributed by atoms with Crippen LogP contribution in [0.4, 0.5) is 0 Å². The molecule has 3 nitrogen and oxygen atoms in total. The number of fused-ring (bicyclic) bond motifs is 1. The van der Waals surface area contributed by atoms with Crippen LogP contribution >= 0.6 is 12.2 Å². The maximum absolute atomic E-state index is 11.8. The molecule has 0 radical (unpaired) electrons. The molecule has 1 N–H and O–H groups in total. The number of pyridine rings is 1. The van der Waals surface area contributed by atoms with Crippen molar-refractivity contribution in [2.24, 2.45) is 0 Å². The molecule has 0 atom stereocenters. The first kappa shape index (κ1) is 12.8. The molecule has 98 valence electrons. The summed E-state index contributed by atoms with van der Waals surface area (Å²) in [5.74, 6) is 0.212. The molecule has 1 aromatic heterocycles. The molecule has 0 aliphatic heterocycles. The number of hydrogen-bond acceptors (Lipinski definition) is 3. The van der Waals surface area contributed by atoms with E-state index in [2.05, 4.69) is 11.1 Å². The van der Waals surface area contributed by atoms with Gasteiger partial charge in [-0.05, 0) is 17.5 Å². The lowest BCUT2D eigenvalue weighted by Gasteiger charge is -2.20. The van der Waals surface area contributed by atoms with Gasteiger partial charge in [0, 0.05) is 24.1 Å². The van der Waals surface area contributed by atoms with Crippen molar-refractivity contribution in [3.05, 3.63) is 51.8 Å². The summed E-state index contributed by atoms with van der Waals surface area (Å²) < 4.78 is 0.458. The van der Waals surface area contributed by atoms with Gasteiger partial charge in [-0.1, -0.05) is 42.5 Å². The molecule has 1 aromatic carbocycles. The zero-order valence-corrected chi connectivity index (χ0v) is 11.6. The fraction of sp³-hybridized carbons (Fsp3) is 0.188. The summed E-state index contributed by atoms with van der Waals surface area (Å²) in [6, 6.07) is 11.9. The van der Waals surface area contributed by atoms with Crippen molar-refractivity contribution in [2.45, 2.75) is 19.3 Å². The van der Waals surface area contributed by atoms with Crippen molar-refractivity contribution in [2.75, 3.05) is 0 Å². The normalized spacial score (nSPS) is 13.7. The number of nitrogens with one attached hydrogen (secondary N) is 1. The third-order valence-electron chi connectivity index (χ3n) is 3.61. The fourth-order valence-electron chi connectivity index (χ4n) is 2.68. The van der Waals surface area contributed by atoms with Gasteiger partial charge in [-0.3, -0.25) is 4.79 Å². The SMILES string of the molecule is N#Cc1c(-c2ccccc2)c2c([nH]c1=S)CCC(=O)C2. The first-order valence-electron chi connectivity index (χ1n) is 6.46. The minimum atomic E-state index is 0.212. The monoisotopic (exact) mass is 280 g/mol. The van der Waals surface area contributed by atoms with Crippen LogP contribution in [0.5, 0.6) is 0 Å². The molecule has 1 aliphatic carbocycles. The Morgan fingerprint density at radius 3 is 2.65 bits per heavy atom. The predicted octanol–water partition coefficient (Wildman–Crippen LogP) is 3.34. The molecule has 0 saturated heterocycles. The van der Waals surface area contributed by atoms with Crippen LogP contribution in [0, 0.1) is 16.0 Å². The summed E-state index contributed by atoms with van der Waals surface area (Å²) >= 11 is 5.29. The first-order chi connectivity index (χ1) is 9.70. The van der Waals surface area contributed by atoms with E-state index in [9.17, 15) is 10.1 Å². The van der Waals surface area contributed by atoms with E-state index in [1.54, 1.807) is 0 Å².